The third kappa shape index (κ3) is 9.44. The SMILES string of the molecule is C.[B].[Pt].[Zr]. The van der Waals surface area contributed by atoms with Gasteiger partial charge in [0.05, 0.1) is 0 Å². The molecule has 0 amide bonds. The fraction of sp³-hybridized carbons (Fsp3) is 1.00. The molecule has 0 aromatic heterocycles. The van der Waals surface area contributed by atoms with Crippen molar-refractivity contribution >= 4 is 8.41 Å². The zero-order valence-corrected chi connectivity index (χ0v) is 6.12. The van der Waals surface area contributed by atoms with Crippen LogP contribution in [-0.2, 0) is 47.3 Å². The van der Waals surface area contributed by atoms with Gasteiger partial charge in [0.15, 0.2) is 0 Å². The van der Waals surface area contributed by atoms with Gasteiger partial charge in [-0.2, -0.15) is 0 Å². The molecule has 0 heterocycles. The van der Waals surface area contributed by atoms with Crippen LogP contribution in [0.3, 0.4) is 0 Å². The molecule has 0 aliphatic carbocycles. The first-order valence-electron chi connectivity index (χ1n) is 0. The van der Waals surface area contributed by atoms with Crippen molar-refractivity contribution in [2.45, 2.75) is 7.43 Å². The normalized spacial score (nSPS) is 0. The Bertz CT molecular complexity index is 8.00. The Labute approximate surface area is 62.7 Å². The molecule has 0 N–H and O–H groups in total. The van der Waals surface area contributed by atoms with Crippen LogP contribution in [0, 0.1) is 0 Å². The molecule has 0 aromatic rings. The predicted molar refractivity (Wildman–Crippen MR) is 12.5 cm³/mol. The van der Waals surface area contributed by atoms with Crippen molar-refractivity contribution < 1.29 is 47.3 Å². The van der Waals surface area contributed by atoms with E-state index in [0.717, 1.165) is 0 Å². The molecule has 0 atom stereocenters. The molecule has 0 aromatic carbocycles. The predicted octanol–water partition coefficient (Wildman–Crippen LogP) is 0.250. The maximum Gasteiger partial charge on any atom is 0 e. The maximum atomic E-state index is 0. The van der Waals surface area contributed by atoms with Gasteiger partial charge in [0.25, 0.3) is 0 Å². The van der Waals surface area contributed by atoms with Gasteiger partial charge in [-0.05, 0) is 0 Å². The van der Waals surface area contributed by atoms with Crippen molar-refractivity contribution in [3.63, 3.8) is 0 Å². The second kappa shape index (κ2) is 22.9. The molecular weight excluding hydrogens is 309 g/mol. The van der Waals surface area contributed by atoms with Crippen LogP contribution < -0.4 is 0 Å². The maximum absolute atomic E-state index is 0. The Hall–Kier alpha value is 1.64. The molecule has 0 bridgehead atoms. The number of rotatable bonds is 0. The molecule has 25 valence electrons. The van der Waals surface area contributed by atoms with Gasteiger partial charge in [-0.15, -0.1) is 0 Å². The van der Waals surface area contributed by atoms with Crippen LogP contribution in [0.25, 0.3) is 0 Å². The van der Waals surface area contributed by atoms with E-state index in [0.29, 0.717) is 0 Å². The van der Waals surface area contributed by atoms with Gasteiger partial charge >= 0.3 is 0 Å². The summed E-state index contributed by atoms with van der Waals surface area (Å²) in [6.45, 7) is 0. The van der Waals surface area contributed by atoms with E-state index in [9.17, 15) is 0 Å². The van der Waals surface area contributed by atoms with Crippen molar-refractivity contribution in [1.29, 1.82) is 0 Å². The minimum Gasteiger partial charge on any atom is -0.0776 e. The molecule has 4 heavy (non-hydrogen) atoms. The summed E-state index contributed by atoms with van der Waals surface area (Å²) in [6.07, 6.45) is 0. The summed E-state index contributed by atoms with van der Waals surface area (Å²) in [5.41, 5.74) is 0. The van der Waals surface area contributed by atoms with Crippen LogP contribution in [0.1, 0.15) is 7.43 Å². The third-order valence-corrected chi connectivity index (χ3v) is 0. The van der Waals surface area contributed by atoms with Crippen LogP contribution in [0.5, 0.6) is 0 Å². The van der Waals surface area contributed by atoms with Gasteiger partial charge in [0.2, 0.25) is 0 Å². The second-order valence-electron chi connectivity index (χ2n) is 0. The van der Waals surface area contributed by atoms with E-state index in [1.54, 1.807) is 0 Å². The summed E-state index contributed by atoms with van der Waals surface area (Å²) in [5.74, 6) is 0. The zero-order valence-electron chi connectivity index (χ0n) is 1.39. The fourth-order valence-corrected chi connectivity index (χ4v) is 0. The Balaban J connectivity index is 0. The Morgan fingerprint density at radius 1 is 1.00 bits per heavy atom. The summed E-state index contributed by atoms with van der Waals surface area (Å²) in [6, 6.07) is 0. The Morgan fingerprint density at radius 3 is 1.00 bits per heavy atom. The van der Waals surface area contributed by atoms with Gasteiger partial charge in [0.1, 0.15) is 0 Å². The van der Waals surface area contributed by atoms with Crippen LogP contribution in [0.4, 0.5) is 0 Å². The number of hydrogen-bond donors (Lipinski definition) is 0. The van der Waals surface area contributed by atoms with Gasteiger partial charge in [-0.25, -0.2) is 0 Å². The van der Waals surface area contributed by atoms with Gasteiger partial charge in [0, 0.05) is 55.7 Å². The molecule has 0 saturated carbocycles. The van der Waals surface area contributed by atoms with Crippen molar-refractivity contribution in [3.8, 4) is 0 Å². The standard InChI is InChI=1S/CH4.B.Pt.Zr/h1H4;;;. The van der Waals surface area contributed by atoms with Crippen LogP contribution >= 0.6 is 0 Å². The van der Waals surface area contributed by atoms with Crippen molar-refractivity contribution in [3.05, 3.63) is 0 Å². The molecule has 0 nitrogen and oxygen atoms in total. The first kappa shape index (κ1) is 45.2. The van der Waals surface area contributed by atoms with Gasteiger partial charge < -0.3 is 0 Å². The minimum absolute atomic E-state index is 0. The average molecular weight is 313 g/mol. The topological polar surface area (TPSA) is 0 Å². The molecule has 0 saturated heterocycles. The first-order valence-corrected chi connectivity index (χ1v) is 0. The summed E-state index contributed by atoms with van der Waals surface area (Å²) >= 11 is 0. The molecule has 0 aliphatic heterocycles. The molecule has 3 heteroatoms. The molecule has 3 radical (unpaired) electrons. The molecule has 0 spiro atoms. The summed E-state index contributed by atoms with van der Waals surface area (Å²) < 4.78 is 0. The third-order valence-electron chi connectivity index (χ3n) is 0. The van der Waals surface area contributed by atoms with E-state index < -0.39 is 0 Å². The van der Waals surface area contributed by atoms with Gasteiger partial charge in [-0.3, -0.25) is 0 Å². The second-order valence-corrected chi connectivity index (χ2v) is 0. The monoisotopic (exact) mass is 312 g/mol. The number of hydrogen-bond acceptors (Lipinski definition) is 0. The van der Waals surface area contributed by atoms with Crippen LogP contribution in [0.2, 0.25) is 0 Å². The fourth-order valence-electron chi connectivity index (χ4n) is 0. The zero-order chi connectivity index (χ0) is 0. The molecule has 0 rings (SSSR count). The Morgan fingerprint density at radius 2 is 1.00 bits per heavy atom. The quantitative estimate of drug-likeness (QED) is 0.563. The van der Waals surface area contributed by atoms with E-state index in [-0.39, 0.29) is 63.1 Å². The molecular formula is CH4BPtZr. The molecule has 0 unspecified atom stereocenters. The van der Waals surface area contributed by atoms with Crippen molar-refractivity contribution in [1.82, 2.24) is 0 Å². The van der Waals surface area contributed by atoms with E-state index in [4.69, 9.17) is 0 Å². The summed E-state index contributed by atoms with van der Waals surface area (Å²) in [5, 5.41) is 0. The average Bonchev–Trinajstić information content (AvgIpc) is 0. The minimum atomic E-state index is 0. The Kier molecular flexibility index (Phi) is 259. The van der Waals surface area contributed by atoms with Gasteiger partial charge in [-0.1, -0.05) is 7.43 Å². The first-order chi connectivity index (χ1) is 0. The summed E-state index contributed by atoms with van der Waals surface area (Å²) in [4.78, 5) is 0. The van der Waals surface area contributed by atoms with E-state index in [1.807, 2.05) is 0 Å². The van der Waals surface area contributed by atoms with E-state index in [2.05, 4.69) is 0 Å². The largest absolute Gasteiger partial charge is 0.0776 e. The smallest absolute Gasteiger partial charge is 0 e. The van der Waals surface area contributed by atoms with Crippen molar-refractivity contribution in [2.75, 3.05) is 0 Å². The van der Waals surface area contributed by atoms with E-state index in [1.165, 1.54) is 0 Å². The molecule has 0 fully saturated rings. The van der Waals surface area contributed by atoms with Crippen LogP contribution in [0.15, 0.2) is 0 Å². The summed E-state index contributed by atoms with van der Waals surface area (Å²) in [7, 11) is 0. The molecule has 0 aliphatic rings. The van der Waals surface area contributed by atoms with E-state index >= 15 is 0 Å². The van der Waals surface area contributed by atoms with Crippen LogP contribution in [-0.4, -0.2) is 8.41 Å². The van der Waals surface area contributed by atoms with Crippen molar-refractivity contribution in [2.24, 2.45) is 0 Å².